The zero-order valence-electron chi connectivity index (χ0n) is 10.1. The number of hydrogen-bond acceptors (Lipinski definition) is 2. The van der Waals surface area contributed by atoms with Gasteiger partial charge in [-0.05, 0) is 23.8 Å². The van der Waals surface area contributed by atoms with Crippen LogP contribution in [0.25, 0.3) is 0 Å². The summed E-state index contributed by atoms with van der Waals surface area (Å²) in [6, 6.07) is 4.85. The number of hydrogen-bond donors (Lipinski definition) is 1. The lowest BCUT2D eigenvalue weighted by Crippen LogP contribution is -3.06. The van der Waals surface area contributed by atoms with Crippen LogP contribution in [0.1, 0.15) is 11.1 Å². The van der Waals surface area contributed by atoms with E-state index in [0.717, 1.165) is 12.1 Å². The Morgan fingerprint density at radius 3 is 2.70 bits per heavy atom. The molecular formula is C13H10F3NO2S. The van der Waals surface area contributed by atoms with Crippen LogP contribution in [-0.2, 0) is 23.9 Å². The van der Waals surface area contributed by atoms with Crippen LogP contribution < -0.4 is 5.06 Å². The smallest absolute Gasteiger partial charge is 0.416 e. The number of allylic oxidation sites excluding steroid dienone is 2. The van der Waals surface area contributed by atoms with Crippen molar-refractivity contribution in [1.29, 1.82) is 0 Å². The summed E-state index contributed by atoms with van der Waals surface area (Å²) in [5.74, 6) is 0. The van der Waals surface area contributed by atoms with E-state index in [9.17, 15) is 22.6 Å². The second-order valence-electron chi connectivity index (χ2n) is 4.20. The van der Waals surface area contributed by atoms with E-state index < -0.39 is 16.8 Å². The molecule has 0 aromatic heterocycles. The third kappa shape index (κ3) is 3.24. The molecule has 0 bridgehead atoms. The Morgan fingerprint density at radius 1 is 1.30 bits per heavy atom. The lowest BCUT2D eigenvalue weighted by molar-refractivity contribution is -0.680. The first-order valence-corrected chi connectivity index (χ1v) is 6.41. The highest BCUT2D eigenvalue weighted by atomic mass is 32.1. The molecule has 1 aliphatic rings. The van der Waals surface area contributed by atoms with E-state index in [0.29, 0.717) is 11.1 Å². The van der Waals surface area contributed by atoms with Crippen LogP contribution in [0.15, 0.2) is 48.2 Å². The number of nitrogens with one attached hydrogen (secondary N) is 1. The number of quaternary nitrogens is 1. The first kappa shape index (κ1) is 14.7. The highest BCUT2D eigenvalue weighted by Gasteiger charge is 2.30. The number of hydroxylamine groups is 2. The molecule has 0 fully saturated rings. The molecule has 1 unspecified atom stereocenters. The van der Waals surface area contributed by atoms with Crippen LogP contribution in [-0.4, -0.2) is 9.20 Å². The van der Waals surface area contributed by atoms with Gasteiger partial charge in [0.05, 0.1) is 5.56 Å². The van der Waals surface area contributed by atoms with Crippen LogP contribution in [0, 0.1) is 5.21 Å². The van der Waals surface area contributed by atoms with Gasteiger partial charge in [0.15, 0.2) is 11.3 Å². The number of halogens is 3. The van der Waals surface area contributed by atoms with Gasteiger partial charge in [-0.3, -0.25) is 0 Å². The van der Waals surface area contributed by atoms with E-state index in [4.69, 9.17) is 0 Å². The van der Waals surface area contributed by atoms with Crippen molar-refractivity contribution in [3.63, 3.8) is 0 Å². The molecule has 0 saturated carbocycles. The summed E-state index contributed by atoms with van der Waals surface area (Å²) in [5, 5.41) is 11.1. The molecule has 0 spiro atoms. The molecule has 1 aliphatic heterocycles. The molecule has 0 saturated heterocycles. The molecule has 0 amide bonds. The van der Waals surface area contributed by atoms with Gasteiger partial charge in [-0.2, -0.15) is 13.2 Å². The van der Waals surface area contributed by atoms with E-state index in [-0.39, 0.29) is 22.7 Å². The highest BCUT2D eigenvalue weighted by molar-refractivity contribution is 7.66. The van der Waals surface area contributed by atoms with E-state index in [1.54, 1.807) is 6.08 Å². The minimum Gasteiger partial charge on any atom is -0.623 e. The largest absolute Gasteiger partial charge is 0.623 e. The standard InChI is InChI=1S/C13H10F3NO2S/c14-13(15,16)11-5-1-3-9(8-11)7-10-4-2-6-17(18)12(10)20-19/h1-6,8,17H,7H2. The first-order valence-electron chi connectivity index (χ1n) is 5.66. The van der Waals surface area contributed by atoms with Crippen LogP contribution in [0.5, 0.6) is 0 Å². The lowest BCUT2D eigenvalue weighted by atomic mass is 10.0. The molecule has 0 radical (unpaired) electrons. The topological polar surface area (TPSA) is 44.6 Å². The van der Waals surface area contributed by atoms with Crippen molar-refractivity contribution in [2.45, 2.75) is 12.6 Å². The average Bonchev–Trinajstić information content (AvgIpc) is 2.38. The van der Waals surface area contributed by atoms with E-state index in [2.05, 4.69) is 0 Å². The molecule has 3 nitrogen and oxygen atoms in total. The highest BCUT2D eigenvalue weighted by Crippen LogP contribution is 2.29. The molecule has 1 N–H and O–H groups in total. The molecule has 0 aliphatic carbocycles. The van der Waals surface area contributed by atoms with E-state index in [1.807, 2.05) is 0 Å². The third-order valence-corrected chi connectivity index (χ3v) is 3.42. The monoisotopic (exact) mass is 301 g/mol. The molecule has 2 rings (SSSR count). The van der Waals surface area contributed by atoms with Crippen molar-refractivity contribution in [3.8, 4) is 0 Å². The first-order chi connectivity index (χ1) is 9.41. The lowest BCUT2D eigenvalue weighted by Gasteiger charge is -2.21. The maximum atomic E-state index is 12.6. The molecule has 7 heteroatoms. The van der Waals surface area contributed by atoms with Crippen molar-refractivity contribution in [2.75, 3.05) is 0 Å². The van der Waals surface area contributed by atoms with Crippen LogP contribution in [0.3, 0.4) is 0 Å². The minimum absolute atomic E-state index is 0.0323. The fourth-order valence-corrected chi connectivity index (χ4v) is 2.27. The van der Waals surface area contributed by atoms with Gasteiger partial charge in [0.1, 0.15) is 6.20 Å². The Balaban J connectivity index is 2.29. The van der Waals surface area contributed by atoms with E-state index >= 15 is 0 Å². The summed E-state index contributed by atoms with van der Waals surface area (Å²) >= 11 is 0.0663. The van der Waals surface area contributed by atoms with Crippen LogP contribution in [0.4, 0.5) is 13.2 Å². The zero-order chi connectivity index (χ0) is 14.8. The number of alkyl halides is 3. The summed E-state index contributed by atoms with van der Waals surface area (Å²) in [7, 11) is 0. The normalized spacial score (nSPS) is 18.9. The molecule has 1 aromatic rings. The number of rotatable bonds is 2. The molecule has 1 atom stereocenters. The fourth-order valence-electron chi connectivity index (χ4n) is 1.87. The summed E-state index contributed by atoms with van der Waals surface area (Å²) < 4.78 is 48.8. The van der Waals surface area contributed by atoms with Gasteiger partial charge < -0.3 is 10.3 Å². The van der Waals surface area contributed by atoms with Crippen LogP contribution in [0.2, 0.25) is 0 Å². The SMILES string of the molecule is O=S=C1C(Cc2cccc(C(F)(F)F)c2)=CC=C[NH+]1[O-]. The van der Waals surface area contributed by atoms with Gasteiger partial charge in [0, 0.05) is 12.0 Å². The van der Waals surface area contributed by atoms with Gasteiger partial charge in [-0.1, -0.05) is 18.2 Å². The molecule has 1 heterocycles. The predicted octanol–water partition coefficient (Wildman–Crippen LogP) is 1.43. The Kier molecular flexibility index (Phi) is 4.22. The van der Waals surface area contributed by atoms with Crippen molar-refractivity contribution in [3.05, 3.63) is 64.5 Å². The summed E-state index contributed by atoms with van der Waals surface area (Å²) in [6.45, 7) is 0. The minimum atomic E-state index is -4.41. The third-order valence-electron chi connectivity index (χ3n) is 2.79. The molecule has 20 heavy (non-hydrogen) atoms. The second kappa shape index (κ2) is 5.74. The Hall–Kier alpha value is -1.70. The predicted molar refractivity (Wildman–Crippen MR) is 69.9 cm³/mol. The van der Waals surface area contributed by atoms with Gasteiger partial charge in [-0.25, -0.2) is 4.21 Å². The van der Waals surface area contributed by atoms with Crippen molar-refractivity contribution >= 4 is 16.2 Å². The van der Waals surface area contributed by atoms with Crippen molar-refractivity contribution < 1.29 is 22.4 Å². The summed E-state index contributed by atoms with van der Waals surface area (Å²) in [5.41, 5.74) is 0.0992. The maximum absolute atomic E-state index is 12.6. The second-order valence-corrected chi connectivity index (χ2v) is 4.78. The quantitative estimate of drug-likeness (QED) is 0.663. The molecular weight excluding hydrogens is 291 g/mol. The van der Waals surface area contributed by atoms with Gasteiger partial charge in [-0.15, -0.1) is 0 Å². The summed E-state index contributed by atoms with van der Waals surface area (Å²) in [4.78, 5) is 0.0323. The zero-order valence-corrected chi connectivity index (χ0v) is 10.9. The average molecular weight is 301 g/mol. The Bertz CT molecular complexity index is 631. The summed E-state index contributed by atoms with van der Waals surface area (Å²) in [6.07, 6.45) is 0.0276. The fraction of sp³-hybridized carbons (Fsp3) is 0.154. The Labute approximate surface area is 116 Å². The van der Waals surface area contributed by atoms with E-state index in [1.165, 1.54) is 24.4 Å². The van der Waals surface area contributed by atoms with Gasteiger partial charge in [0.25, 0.3) is 0 Å². The molecule has 106 valence electrons. The van der Waals surface area contributed by atoms with Crippen LogP contribution >= 0.6 is 0 Å². The maximum Gasteiger partial charge on any atom is 0.416 e. The number of benzene rings is 1. The Morgan fingerprint density at radius 2 is 2.05 bits per heavy atom. The molecule has 1 aromatic carbocycles. The van der Waals surface area contributed by atoms with Gasteiger partial charge in [0.2, 0.25) is 4.99 Å². The van der Waals surface area contributed by atoms with Crippen molar-refractivity contribution in [1.82, 2.24) is 0 Å². The van der Waals surface area contributed by atoms with Gasteiger partial charge >= 0.3 is 6.18 Å². The van der Waals surface area contributed by atoms with Crippen molar-refractivity contribution in [2.24, 2.45) is 0 Å².